The van der Waals surface area contributed by atoms with Crippen molar-refractivity contribution in [2.75, 3.05) is 20.1 Å². The Labute approximate surface area is 390 Å². The van der Waals surface area contributed by atoms with Crippen LogP contribution in [0, 0.1) is 11.6 Å². The van der Waals surface area contributed by atoms with Crippen LogP contribution in [0.15, 0.2) is 36.4 Å². The molecule has 16 nitrogen and oxygen atoms in total. The lowest BCUT2D eigenvalue weighted by Gasteiger charge is -2.31. The molecule has 2 saturated heterocycles. The SMILES string of the molecule is CC[C@H](NC(=O)[C@H](C)NC)C(=O)N1C[C@@H](OC(C)=O)C[C@H]1Cc1c(-c2[nH]c3cc(F)ccc3c2C[C@@H]2C[C@H](OC(C)=O)CN2C(=O)[C@H](CC)NC(=O)[C@H](C)NC(C)(C)C)[nH]c2cc(F)ccc12. The molecule has 4 aromatic rings. The van der Waals surface area contributed by atoms with Crippen molar-refractivity contribution in [3.8, 4) is 11.4 Å². The van der Waals surface area contributed by atoms with Gasteiger partial charge in [0.15, 0.2) is 0 Å². The molecule has 0 saturated carbocycles. The van der Waals surface area contributed by atoms with Crippen LogP contribution in [-0.2, 0) is 51.1 Å². The van der Waals surface area contributed by atoms with Crippen molar-refractivity contribution >= 4 is 57.4 Å². The molecule has 4 amide bonds. The molecule has 0 aliphatic carbocycles. The van der Waals surface area contributed by atoms with Gasteiger partial charge in [-0.1, -0.05) is 13.8 Å². The average Bonchev–Trinajstić information content (AvgIpc) is 4.02. The fourth-order valence-corrected chi connectivity index (χ4v) is 9.61. The Bertz CT molecular complexity index is 2500. The lowest BCUT2D eigenvalue weighted by atomic mass is 9.94. The highest BCUT2D eigenvalue weighted by Crippen LogP contribution is 2.40. The van der Waals surface area contributed by atoms with Gasteiger partial charge in [-0.25, -0.2) is 8.78 Å². The summed E-state index contributed by atoms with van der Waals surface area (Å²) in [6, 6.07) is 4.72. The minimum absolute atomic E-state index is 0.0800. The zero-order valence-electron chi connectivity index (χ0n) is 40.2. The molecule has 0 bridgehead atoms. The number of likely N-dealkylation sites (N-methyl/N-ethyl adjacent to an activating group) is 1. The fraction of sp³-hybridized carbons (Fsp3) is 0.551. The van der Waals surface area contributed by atoms with Crippen molar-refractivity contribution in [3.63, 3.8) is 0 Å². The summed E-state index contributed by atoms with van der Waals surface area (Å²) in [5.41, 5.74) is 3.00. The van der Waals surface area contributed by atoms with E-state index in [1.54, 1.807) is 49.8 Å². The van der Waals surface area contributed by atoms with E-state index in [1.165, 1.54) is 38.1 Å². The molecule has 67 heavy (non-hydrogen) atoms. The number of hydrogen-bond donors (Lipinski definition) is 6. The van der Waals surface area contributed by atoms with Crippen LogP contribution in [0.5, 0.6) is 0 Å². The molecule has 2 aliphatic heterocycles. The van der Waals surface area contributed by atoms with Crippen LogP contribution in [-0.4, -0.2) is 129 Å². The lowest BCUT2D eigenvalue weighted by molar-refractivity contribution is -0.147. The van der Waals surface area contributed by atoms with E-state index >= 15 is 8.78 Å². The van der Waals surface area contributed by atoms with Crippen LogP contribution >= 0.6 is 0 Å². The number of nitrogens with zero attached hydrogens (tertiary/aromatic N) is 2. The normalized spacial score (nSPS) is 20.4. The van der Waals surface area contributed by atoms with Crippen LogP contribution in [0.3, 0.4) is 0 Å². The van der Waals surface area contributed by atoms with Crippen LogP contribution < -0.4 is 21.3 Å². The predicted octanol–water partition coefficient (Wildman–Crippen LogP) is 4.92. The molecular formula is C49H66F2N8O8. The third-order valence-electron chi connectivity index (χ3n) is 12.8. The summed E-state index contributed by atoms with van der Waals surface area (Å²) < 4.78 is 41.4. The maximum absolute atomic E-state index is 15.0. The molecule has 8 atom stereocenters. The van der Waals surface area contributed by atoms with E-state index in [2.05, 4.69) is 31.2 Å². The first-order chi connectivity index (χ1) is 31.6. The summed E-state index contributed by atoms with van der Waals surface area (Å²) in [6.07, 6.45) is 0.256. The van der Waals surface area contributed by atoms with Gasteiger partial charge < -0.3 is 50.5 Å². The maximum Gasteiger partial charge on any atom is 0.302 e. The summed E-state index contributed by atoms with van der Waals surface area (Å²) in [4.78, 5) is 90.1. The summed E-state index contributed by atoms with van der Waals surface area (Å²) in [5.74, 6) is -3.37. The van der Waals surface area contributed by atoms with E-state index in [0.29, 0.717) is 57.2 Å². The Balaban J connectivity index is 1.43. The third kappa shape index (κ3) is 11.8. The zero-order chi connectivity index (χ0) is 49.1. The Hall–Kier alpha value is -5.88. The van der Waals surface area contributed by atoms with E-state index in [0.717, 1.165) is 0 Å². The summed E-state index contributed by atoms with van der Waals surface area (Å²) in [5, 5.41) is 13.2. The van der Waals surface area contributed by atoms with Crippen molar-refractivity contribution in [2.24, 2.45) is 0 Å². The van der Waals surface area contributed by atoms with E-state index in [1.807, 2.05) is 27.7 Å². The Morgan fingerprint density at radius 2 is 1.10 bits per heavy atom. The minimum Gasteiger partial charge on any atom is -0.461 e. The van der Waals surface area contributed by atoms with Gasteiger partial charge in [0.1, 0.15) is 35.9 Å². The number of H-pyrrole nitrogens is 2. The second-order valence-electron chi connectivity index (χ2n) is 19.0. The molecule has 0 unspecified atom stereocenters. The van der Waals surface area contributed by atoms with Crippen molar-refractivity contribution in [3.05, 3.63) is 59.2 Å². The van der Waals surface area contributed by atoms with E-state index in [4.69, 9.17) is 9.47 Å². The molecule has 2 aromatic carbocycles. The first kappa shape index (κ1) is 50.5. The van der Waals surface area contributed by atoms with Crippen molar-refractivity contribution in [1.29, 1.82) is 0 Å². The van der Waals surface area contributed by atoms with Gasteiger partial charge in [-0.3, -0.25) is 28.8 Å². The number of carbonyl (C=O) groups excluding carboxylic acids is 6. The number of ether oxygens (including phenoxy) is 2. The number of esters is 2. The monoisotopic (exact) mass is 932 g/mol. The maximum atomic E-state index is 15.0. The molecule has 6 rings (SSSR count). The minimum atomic E-state index is -0.887. The van der Waals surface area contributed by atoms with E-state index < -0.39 is 72.0 Å². The van der Waals surface area contributed by atoms with Gasteiger partial charge in [-0.05, 0) is 115 Å². The van der Waals surface area contributed by atoms with Gasteiger partial charge in [0.2, 0.25) is 23.6 Å². The number of benzene rings is 2. The van der Waals surface area contributed by atoms with Gasteiger partial charge in [0.05, 0.1) is 36.6 Å². The Morgan fingerprint density at radius 1 is 0.701 bits per heavy atom. The predicted molar refractivity (Wildman–Crippen MR) is 250 cm³/mol. The first-order valence-corrected chi connectivity index (χ1v) is 23.2. The number of rotatable bonds is 17. The smallest absolute Gasteiger partial charge is 0.302 e. The highest BCUT2D eigenvalue weighted by molar-refractivity contribution is 5.97. The highest BCUT2D eigenvalue weighted by atomic mass is 19.1. The van der Waals surface area contributed by atoms with Gasteiger partial charge in [-0.15, -0.1) is 0 Å². The molecule has 0 radical (unpaired) electrons. The number of hydrogen-bond acceptors (Lipinski definition) is 10. The zero-order valence-corrected chi connectivity index (χ0v) is 40.2. The number of aromatic amines is 2. The molecular weight excluding hydrogens is 867 g/mol. The molecule has 6 N–H and O–H groups in total. The molecule has 364 valence electrons. The van der Waals surface area contributed by atoms with Crippen molar-refractivity contribution in [2.45, 2.75) is 155 Å². The second-order valence-corrected chi connectivity index (χ2v) is 19.0. The molecule has 2 fully saturated rings. The standard InChI is InChI=1S/C49H66F2N8O8/c1-11-39(55-45(62)25(3)52-10)47(64)58-23-33(66-27(5)60)19-31(58)21-37-35-15-13-29(50)17-41(35)53-43(37)44-38(36-16-14-30(51)18-42(36)54-44)22-32-20-34(67-28(6)61)24-59(32)48(65)40(12-2)56-46(63)26(4)57-49(7,8)9/h13-18,25-26,31-34,39-40,52-54,57H,11-12,19-24H2,1-10H3,(H,55,62)(H,56,63)/t25-,26-,31-,32-,33-,34-,39-,40-/m0/s1. The number of amides is 4. The van der Waals surface area contributed by atoms with Gasteiger partial charge in [0.25, 0.3) is 0 Å². The van der Waals surface area contributed by atoms with Crippen LogP contribution in [0.4, 0.5) is 8.78 Å². The summed E-state index contributed by atoms with van der Waals surface area (Å²) in [7, 11) is 1.65. The number of carbonyl (C=O) groups is 6. The van der Waals surface area contributed by atoms with Gasteiger partial charge in [0, 0.05) is 66.1 Å². The average molecular weight is 933 g/mol. The second kappa shape index (κ2) is 21.0. The third-order valence-corrected chi connectivity index (χ3v) is 12.8. The van der Waals surface area contributed by atoms with E-state index in [9.17, 15) is 28.8 Å². The van der Waals surface area contributed by atoms with Gasteiger partial charge in [-0.2, -0.15) is 0 Å². The molecule has 0 spiro atoms. The number of fused-ring (bicyclic) bond motifs is 2. The molecule has 4 heterocycles. The Kier molecular flexibility index (Phi) is 15.8. The fourth-order valence-electron chi connectivity index (χ4n) is 9.61. The highest BCUT2D eigenvalue weighted by Gasteiger charge is 2.43. The number of likely N-dealkylation sites (tertiary alicyclic amines) is 2. The molecule has 2 aromatic heterocycles. The molecule has 18 heteroatoms. The molecule has 2 aliphatic rings. The Morgan fingerprint density at radius 3 is 1.46 bits per heavy atom. The largest absolute Gasteiger partial charge is 0.461 e. The summed E-state index contributed by atoms with van der Waals surface area (Å²) in [6.45, 7) is 15.6. The summed E-state index contributed by atoms with van der Waals surface area (Å²) >= 11 is 0. The van der Waals surface area contributed by atoms with Crippen molar-refractivity contribution in [1.82, 2.24) is 41.0 Å². The number of aromatic nitrogens is 2. The van der Waals surface area contributed by atoms with E-state index in [-0.39, 0.29) is 67.9 Å². The topological polar surface area (TPSA) is 207 Å². The first-order valence-electron chi connectivity index (χ1n) is 23.2. The number of halogens is 2. The van der Waals surface area contributed by atoms with Gasteiger partial charge >= 0.3 is 11.9 Å². The van der Waals surface area contributed by atoms with Crippen LogP contribution in [0.25, 0.3) is 33.2 Å². The lowest BCUT2D eigenvalue weighted by Crippen LogP contribution is -2.56. The van der Waals surface area contributed by atoms with Crippen molar-refractivity contribution < 1.29 is 47.0 Å². The quantitative estimate of drug-likeness (QED) is 0.0789. The number of nitrogens with one attached hydrogen (secondary N) is 6. The van der Waals surface area contributed by atoms with Crippen LogP contribution in [0.2, 0.25) is 0 Å². The van der Waals surface area contributed by atoms with Crippen LogP contribution in [0.1, 0.15) is 99.1 Å².